The number of carboxylic acids is 1. The largest absolute Gasteiger partial charge is 0.504 e. The van der Waals surface area contributed by atoms with Gasteiger partial charge in [-0.05, 0) is 24.3 Å². The Kier molecular flexibility index (Phi) is 2.42. The van der Waals surface area contributed by atoms with Crippen LogP contribution in [0.15, 0.2) is 42.6 Å². The molecule has 0 bridgehead atoms. The molecule has 0 amide bonds. The summed E-state index contributed by atoms with van der Waals surface area (Å²) >= 11 is 0. The van der Waals surface area contributed by atoms with Crippen LogP contribution in [0.5, 0.6) is 5.75 Å². The van der Waals surface area contributed by atoms with Crippen molar-refractivity contribution in [2.45, 2.75) is 0 Å². The third-order valence-electron chi connectivity index (χ3n) is 2.73. The Labute approximate surface area is 107 Å². The summed E-state index contributed by atoms with van der Waals surface area (Å²) in [6.45, 7) is 0. The molecule has 0 atom stereocenters. The quantitative estimate of drug-likeness (QED) is 0.729. The van der Waals surface area contributed by atoms with E-state index in [9.17, 15) is 9.90 Å². The summed E-state index contributed by atoms with van der Waals surface area (Å²) in [7, 11) is 0. The lowest BCUT2D eigenvalue weighted by Crippen LogP contribution is -1.95. The van der Waals surface area contributed by atoms with Gasteiger partial charge in [0.1, 0.15) is 0 Å². The normalized spacial score (nSPS) is 10.7. The molecule has 1 aromatic carbocycles. The summed E-state index contributed by atoms with van der Waals surface area (Å²) < 4.78 is 1.47. The van der Waals surface area contributed by atoms with Crippen molar-refractivity contribution in [1.29, 1.82) is 0 Å². The van der Waals surface area contributed by atoms with Crippen LogP contribution in [0.25, 0.3) is 17.0 Å². The molecule has 0 aliphatic rings. The maximum Gasteiger partial charge on any atom is 0.335 e. The second kappa shape index (κ2) is 4.09. The lowest BCUT2D eigenvalue weighted by Gasteiger charge is -1.96. The molecule has 3 rings (SSSR count). The number of fused-ring (bicyclic) bond motifs is 1. The minimum absolute atomic E-state index is 0.0448. The molecule has 0 unspecified atom stereocenters. The van der Waals surface area contributed by atoms with Crippen LogP contribution in [0, 0.1) is 0 Å². The summed E-state index contributed by atoms with van der Waals surface area (Å²) in [6.07, 6.45) is 1.68. The number of aromatic hydroxyl groups is 1. The Balaban J connectivity index is 2.09. The van der Waals surface area contributed by atoms with E-state index in [1.165, 1.54) is 22.7 Å². The van der Waals surface area contributed by atoms with Gasteiger partial charge < -0.3 is 10.2 Å². The number of aromatic nitrogens is 3. The highest BCUT2D eigenvalue weighted by Gasteiger charge is 2.10. The summed E-state index contributed by atoms with van der Waals surface area (Å²) in [5.41, 5.74) is 1.25. The maximum absolute atomic E-state index is 10.8. The van der Waals surface area contributed by atoms with Crippen LogP contribution in [-0.2, 0) is 0 Å². The molecule has 0 aliphatic carbocycles. The molecular weight excluding hydrogens is 246 g/mol. The third-order valence-corrected chi connectivity index (χ3v) is 2.73. The standard InChI is InChI=1S/C13H9N3O3/c17-10-2-1-7-16-12(10)14-11(15-16)8-3-5-9(6-4-8)13(18)19/h1-7,17H,(H,18,19). The Morgan fingerprint density at radius 1 is 1.16 bits per heavy atom. The first-order valence-electron chi connectivity index (χ1n) is 5.53. The predicted octanol–water partition coefficient (Wildman–Crippen LogP) is 1.80. The van der Waals surface area contributed by atoms with Crippen molar-refractivity contribution < 1.29 is 15.0 Å². The first kappa shape index (κ1) is 11.2. The van der Waals surface area contributed by atoms with Crippen LogP contribution >= 0.6 is 0 Å². The molecule has 94 valence electrons. The molecule has 0 aliphatic heterocycles. The van der Waals surface area contributed by atoms with Crippen LogP contribution in [0.4, 0.5) is 0 Å². The summed E-state index contributed by atoms with van der Waals surface area (Å²) in [5.74, 6) is -0.506. The third kappa shape index (κ3) is 1.89. The van der Waals surface area contributed by atoms with Gasteiger partial charge in [-0.15, -0.1) is 5.10 Å². The molecule has 3 aromatic rings. The number of hydrogen-bond donors (Lipinski definition) is 2. The maximum atomic E-state index is 10.8. The van der Waals surface area contributed by atoms with Gasteiger partial charge in [-0.1, -0.05) is 12.1 Å². The fourth-order valence-corrected chi connectivity index (χ4v) is 1.78. The minimum atomic E-state index is -0.979. The van der Waals surface area contributed by atoms with Gasteiger partial charge in [-0.25, -0.2) is 14.3 Å². The molecule has 2 aromatic heterocycles. The van der Waals surface area contributed by atoms with Crippen molar-refractivity contribution >= 4 is 11.6 Å². The molecule has 19 heavy (non-hydrogen) atoms. The van der Waals surface area contributed by atoms with Crippen LogP contribution in [0.1, 0.15) is 10.4 Å². The van der Waals surface area contributed by atoms with Crippen LogP contribution in [0.3, 0.4) is 0 Å². The van der Waals surface area contributed by atoms with Gasteiger partial charge >= 0.3 is 5.97 Å². The van der Waals surface area contributed by atoms with E-state index in [4.69, 9.17) is 5.11 Å². The average molecular weight is 255 g/mol. The van der Waals surface area contributed by atoms with Gasteiger partial charge in [-0.2, -0.15) is 0 Å². The van der Waals surface area contributed by atoms with Crippen molar-refractivity contribution in [2.75, 3.05) is 0 Å². The fourth-order valence-electron chi connectivity index (χ4n) is 1.78. The van der Waals surface area contributed by atoms with Crippen LogP contribution < -0.4 is 0 Å². The zero-order chi connectivity index (χ0) is 13.4. The van der Waals surface area contributed by atoms with E-state index >= 15 is 0 Å². The zero-order valence-electron chi connectivity index (χ0n) is 9.69. The van der Waals surface area contributed by atoms with E-state index < -0.39 is 5.97 Å². The molecule has 0 spiro atoms. The van der Waals surface area contributed by atoms with Crippen molar-refractivity contribution in [3.63, 3.8) is 0 Å². The number of hydrogen-bond acceptors (Lipinski definition) is 4. The van der Waals surface area contributed by atoms with E-state index in [-0.39, 0.29) is 11.3 Å². The number of aromatic carboxylic acids is 1. The number of pyridine rings is 1. The lowest BCUT2D eigenvalue weighted by atomic mass is 10.1. The number of carboxylic acid groups (broad SMARTS) is 1. The first-order chi connectivity index (χ1) is 9.15. The Morgan fingerprint density at radius 3 is 2.53 bits per heavy atom. The van der Waals surface area contributed by atoms with E-state index in [1.54, 1.807) is 24.4 Å². The predicted molar refractivity (Wildman–Crippen MR) is 67.0 cm³/mol. The molecule has 6 heteroatoms. The summed E-state index contributed by atoms with van der Waals surface area (Å²) in [5, 5.41) is 22.7. The zero-order valence-corrected chi connectivity index (χ0v) is 9.69. The first-order valence-corrected chi connectivity index (χ1v) is 5.53. The average Bonchev–Trinajstić information content (AvgIpc) is 2.84. The van der Waals surface area contributed by atoms with Gasteiger partial charge in [0.25, 0.3) is 0 Å². The molecule has 6 nitrogen and oxygen atoms in total. The monoisotopic (exact) mass is 255 g/mol. The number of nitrogens with zero attached hydrogens (tertiary/aromatic N) is 3. The number of carbonyl (C=O) groups is 1. The van der Waals surface area contributed by atoms with E-state index in [0.717, 1.165) is 0 Å². The fraction of sp³-hybridized carbons (Fsp3) is 0. The topological polar surface area (TPSA) is 87.7 Å². The molecule has 0 radical (unpaired) electrons. The Hall–Kier alpha value is -2.89. The molecule has 0 fully saturated rings. The highest BCUT2D eigenvalue weighted by molar-refractivity contribution is 5.88. The van der Waals surface area contributed by atoms with E-state index in [0.29, 0.717) is 17.0 Å². The highest BCUT2D eigenvalue weighted by Crippen LogP contribution is 2.21. The van der Waals surface area contributed by atoms with Crippen LogP contribution in [-0.4, -0.2) is 30.8 Å². The number of rotatable bonds is 2. The highest BCUT2D eigenvalue weighted by atomic mass is 16.4. The van der Waals surface area contributed by atoms with Gasteiger partial charge in [-0.3, -0.25) is 0 Å². The van der Waals surface area contributed by atoms with Crippen LogP contribution in [0.2, 0.25) is 0 Å². The molecule has 0 saturated heterocycles. The summed E-state index contributed by atoms with van der Waals surface area (Å²) in [4.78, 5) is 15.0. The molecule has 2 heterocycles. The van der Waals surface area contributed by atoms with Gasteiger partial charge in [0, 0.05) is 11.8 Å². The minimum Gasteiger partial charge on any atom is -0.504 e. The smallest absolute Gasteiger partial charge is 0.335 e. The lowest BCUT2D eigenvalue weighted by molar-refractivity contribution is 0.0697. The SMILES string of the molecule is O=C(O)c1ccc(-c2nc3c(O)cccn3n2)cc1. The van der Waals surface area contributed by atoms with Gasteiger partial charge in [0.05, 0.1) is 5.56 Å². The van der Waals surface area contributed by atoms with E-state index in [1.807, 2.05) is 0 Å². The Bertz CT molecular complexity index is 762. The van der Waals surface area contributed by atoms with E-state index in [2.05, 4.69) is 10.1 Å². The second-order valence-corrected chi connectivity index (χ2v) is 3.98. The number of benzene rings is 1. The van der Waals surface area contributed by atoms with Crippen molar-refractivity contribution in [3.05, 3.63) is 48.2 Å². The van der Waals surface area contributed by atoms with Gasteiger partial charge in [0.15, 0.2) is 17.2 Å². The molecular formula is C13H9N3O3. The Morgan fingerprint density at radius 2 is 1.89 bits per heavy atom. The molecule has 2 N–H and O–H groups in total. The van der Waals surface area contributed by atoms with Crippen molar-refractivity contribution in [3.8, 4) is 17.1 Å². The second-order valence-electron chi connectivity index (χ2n) is 3.98. The summed E-state index contributed by atoms with van der Waals surface area (Å²) in [6, 6.07) is 9.44. The van der Waals surface area contributed by atoms with Crippen molar-refractivity contribution in [2.24, 2.45) is 0 Å². The van der Waals surface area contributed by atoms with Crippen molar-refractivity contribution in [1.82, 2.24) is 14.6 Å². The van der Waals surface area contributed by atoms with Gasteiger partial charge in [0.2, 0.25) is 0 Å². The molecule has 0 saturated carbocycles.